The van der Waals surface area contributed by atoms with Crippen molar-refractivity contribution in [2.45, 2.75) is 76.5 Å². The molecule has 1 aliphatic heterocycles. The molecule has 2 fully saturated rings. The molecule has 1 aliphatic carbocycles. The Labute approximate surface area is 87.8 Å². The van der Waals surface area contributed by atoms with Crippen LogP contribution >= 0.6 is 0 Å². The van der Waals surface area contributed by atoms with Gasteiger partial charge in [0.25, 0.3) is 0 Å². The summed E-state index contributed by atoms with van der Waals surface area (Å²) in [6.45, 7) is 4.75. The predicted molar refractivity (Wildman–Crippen MR) is 60.2 cm³/mol. The van der Waals surface area contributed by atoms with E-state index in [-0.39, 0.29) is 0 Å². The van der Waals surface area contributed by atoms with Gasteiger partial charge >= 0.3 is 0 Å². The molecule has 0 radical (unpaired) electrons. The first-order valence-electron chi connectivity index (χ1n) is 6.23. The number of piperidine rings is 1. The van der Waals surface area contributed by atoms with Gasteiger partial charge in [0.1, 0.15) is 0 Å². The molecule has 0 spiro atoms. The molecule has 2 unspecified atom stereocenters. The lowest BCUT2D eigenvalue weighted by atomic mass is 9.94. The van der Waals surface area contributed by atoms with Crippen LogP contribution in [0.5, 0.6) is 0 Å². The molecule has 82 valence electrons. The molecule has 2 heteroatoms. The second kappa shape index (κ2) is 4.19. The summed E-state index contributed by atoms with van der Waals surface area (Å²) in [6.07, 6.45) is 8.04. The van der Waals surface area contributed by atoms with Crippen LogP contribution in [0, 0.1) is 0 Å². The summed E-state index contributed by atoms with van der Waals surface area (Å²) in [4.78, 5) is 2.71. The van der Waals surface area contributed by atoms with Gasteiger partial charge in [-0.05, 0) is 39.5 Å². The highest BCUT2D eigenvalue weighted by molar-refractivity contribution is 4.94. The van der Waals surface area contributed by atoms with Crippen molar-refractivity contribution in [2.24, 2.45) is 5.73 Å². The Balaban J connectivity index is 2.05. The largest absolute Gasteiger partial charge is 0.326 e. The summed E-state index contributed by atoms with van der Waals surface area (Å²) in [7, 11) is 0. The van der Waals surface area contributed by atoms with Gasteiger partial charge in [0.2, 0.25) is 0 Å². The van der Waals surface area contributed by atoms with E-state index in [1.807, 2.05) is 0 Å². The van der Waals surface area contributed by atoms with Gasteiger partial charge in [0.05, 0.1) is 0 Å². The molecule has 4 atom stereocenters. The Kier molecular flexibility index (Phi) is 3.13. The van der Waals surface area contributed by atoms with E-state index in [0.29, 0.717) is 12.1 Å². The molecule has 1 saturated heterocycles. The van der Waals surface area contributed by atoms with E-state index in [1.165, 1.54) is 38.5 Å². The molecular weight excluding hydrogens is 172 g/mol. The highest BCUT2D eigenvalue weighted by Gasteiger charge is 2.36. The van der Waals surface area contributed by atoms with Crippen molar-refractivity contribution in [3.8, 4) is 0 Å². The summed E-state index contributed by atoms with van der Waals surface area (Å²) in [5, 5.41) is 0. The first-order valence-corrected chi connectivity index (χ1v) is 6.23. The van der Waals surface area contributed by atoms with E-state index in [0.717, 1.165) is 12.1 Å². The quantitative estimate of drug-likeness (QED) is 0.696. The molecule has 2 aliphatic rings. The fourth-order valence-corrected chi connectivity index (χ4v) is 3.43. The van der Waals surface area contributed by atoms with Gasteiger partial charge in [-0.3, -0.25) is 4.90 Å². The predicted octanol–water partition coefficient (Wildman–Crippen LogP) is 2.13. The molecule has 2 nitrogen and oxygen atoms in total. The van der Waals surface area contributed by atoms with E-state index in [2.05, 4.69) is 18.7 Å². The fraction of sp³-hybridized carbons (Fsp3) is 1.00. The minimum atomic E-state index is 0.443. The summed E-state index contributed by atoms with van der Waals surface area (Å²) < 4.78 is 0. The molecule has 0 amide bonds. The Morgan fingerprint density at radius 2 is 1.50 bits per heavy atom. The summed E-state index contributed by atoms with van der Waals surface area (Å²) in [6, 6.07) is 2.64. The van der Waals surface area contributed by atoms with Gasteiger partial charge in [-0.15, -0.1) is 0 Å². The number of nitrogens with two attached hydrogens (primary N) is 1. The van der Waals surface area contributed by atoms with Crippen molar-refractivity contribution < 1.29 is 0 Å². The first-order chi connectivity index (χ1) is 6.70. The Morgan fingerprint density at radius 1 is 0.929 bits per heavy atom. The monoisotopic (exact) mass is 196 g/mol. The van der Waals surface area contributed by atoms with Crippen LogP contribution in [0.3, 0.4) is 0 Å². The smallest absolute Gasteiger partial charge is 0.0252 e. The van der Waals surface area contributed by atoms with Gasteiger partial charge in [-0.25, -0.2) is 0 Å². The second-order valence-electron chi connectivity index (χ2n) is 5.24. The summed E-state index contributed by atoms with van der Waals surface area (Å²) in [5.74, 6) is 0. The minimum Gasteiger partial charge on any atom is -0.326 e. The molecule has 1 heterocycles. The Hall–Kier alpha value is -0.0800. The van der Waals surface area contributed by atoms with E-state index in [1.54, 1.807) is 0 Å². The van der Waals surface area contributed by atoms with E-state index >= 15 is 0 Å². The third-order valence-corrected chi connectivity index (χ3v) is 4.18. The van der Waals surface area contributed by atoms with Crippen LogP contribution in [0.25, 0.3) is 0 Å². The lowest BCUT2D eigenvalue weighted by Gasteiger charge is -2.44. The molecule has 1 saturated carbocycles. The topological polar surface area (TPSA) is 29.3 Å². The maximum Gasteiger partial charge on any atom is 0.0252 e. The lowest BCUT2D eigenvalue weighted by molar-refractivity contribution is 0.0509. The maximum absolute atomic E-state index is 6.19. The maximum atomic E-state index is 6.19. The van der Waals surface area contributed by atoms with Crippen molar-refractivity contribution >= 4 is 0 Å². The molecule has 0 aromatic heterocycles. The third-order valence-electron chi connectivity index (χ3n) is 4.18. The normalized spacial score (nSPS) is 45.6. The zero-order valence-electron chi connectivity index (χ0n) is 9.58. The zero-order chi connectivity index (χ0) is 10.1. The highest BCUT2D eigenvalue weighted by atomic mass is 15.2. The zero-order valence-corrected chi connectivity index (χ0v) is 9.58. The van der Waals surface area contributed by atoms with Crippen LogP contribution in [0.15, 0.2) is 0 Å². The average molecular weight is 196 g/mol. The lowest BCUT2D eigenvalue weighted by Crippen LogP contribution is -2.54. The molecule has 2 rings (SSSR count). The van der Waals surface area contributed by atoms with Crippen LogP contribution in [0.4, 0.5) is 0 Å². The highest BCUT2D eigenvalue weighted by Crippen LogP contribution is 2.31. The van der Waals surface area contributed by atoms with Crippen molar-refractivity contribution in [3.05, 3.63) is 0 Å². The number of rotatable bonds is 1. The van der Waals surface area contributed by atoms with Crippen LogP contribution in [0.2, 0.25) is 0 Å². The molecule has 0 aromatic rings. The number of nitrogens with zero attached hydrogens (tertiary/aromatic N) is 1. The summed E-state index contributed by atoms with van der Waals surface area (Å²) in [5.41, 5.74) is 6.19. The summed E-state index contributed by atoms with van der Waals surface area (Å²) >= 11 is 0. The Bertz CT molecular complexity index is 183. The van der Waals surface area contributed by atoms with Crippen LogP contribution < -0.4 is 5.73 Å². The van der Waals surface area contributed by atoms with Crippen LogP contribution in [-0.4, -0.2) is 29.1 Å². The van der Waals surface area contributed by atoms with Crippen molar-refractivity contribution in [1.29, 1.82) is 0 Å². The number of hydrogen-bond acceptors (Lipinski definition) is 2. The number of hydrogen-bond donors (Lipinski definition) is 1. The van der Waals surface area contributed by atoms with E-state index in [9.17, 15) is 0 Å². The molecule has 14 heavy (non-hydrogen) atoms. The third kappa shape index (κ3) is 1.82. The second-order valence-corrected chi connectivity index (χ2v) is 5.24. The van der Waals surface area contributed by atoms with Gasteiger partial charge in [-0.1, -0.05) is 12.8 Å². The van der Waals surface area contributed by atoms with E-state index in [4.69, 9.17) is 5.73 Å². The fourth-order valence-electron chi connectivity index (χ4n) is 3.43. The van der Waals surface area contributed by atoms with Gasteiger partial charge in [0.15, 0.2) is 0 Å². The van der Waals surface area contributed by atoms with Crippen molar-refractivity contribution in [2.75, 3.05) is 0 Å². The molecule has 2 N–H and O–H groups in total. The number of likely N-dealkylation sites (tertiary alicyclic amines) is 1. The molecule has 0 aromatic carbocycles. The molecule has 0 bridgehead atoms. The van der Waals surface area contributed by atoms with Crippen molar-refractivity contribution in [1.82, 2.24) is 4.90 Å². The molecular formula is C12H24N2. The van der Waals surface area contributed by atoms with Crippen LogP contribution in [0.1, 0.15) is 52.4 Å². The van der Waals surface area contributed by atoms with Gasteiger partial charge < -0.3 is 5.73 Å². The van der Waals surface area contributed by atoms with E-state index < -0.39 is 0 Å². The first kappa shape index (κ1) is 10.4. The SMILES string of the molecule is C[C@@H]1CCC[C@H](C)N1C1CCCC1N. The van der Waals surface area contributed by atoms with Crippen LogP contribution in [-0.2, 0) is 0 Å². The van der Waals surface area contributed by atoms with Crippen molar-refractivity contribution in [3.63, 3.8) is 0 Å². The van der Waals surface area contributed by atoms with Gasteiger partial charge in [0, 0.05) is 24.2 Å². The van der Waals surface area contributed by atoms with Gasteiger partial charge in [-0.2, -0.15) is 0 Å². The standard InChI is InChI=1S/C12H24N2/c1-9-5-3-6-10(2)14(9)12-8-4-7-11(12)13/h9-12H,3-8,13H2,1-2H3/t9-,10+,11?,12?. The Morgan fingerprint density at radius 3 is 2.00 bits per heavy atom. The average Bonchev–Trinajstić information content (AvgIpc) is 2.52. The minimum absolute atomic E-state index is 0.443.